The van der Waals surface area contributed by atoms with Crippen LogP contribution in [0.2, 0.25) is 0 Å². The van der Waals surface area contributed by atoms with Crippen molar-refractivity contribution in [1.29, 1.82) is 0 Å². The third kappa shape index (κ3) is 4.00. The molecule has 0 saturated carbocycles. The Kier molecular flexibility index (Phi) is 5.03. The molecule has 2 aromatic carbocycles. The van der Waals surface area contributed by atoms with Crippen molar-refractivity contribution < 1.29 is 19.1 Å². The van der Waals surface area contributed by atoms with E-state index in [2.05, 4.69) is 16.0 Å². The van der Waals surface area contributed by atoms with E-state index >= 15 is 0 Å². The van der Waals surface area contributed by atoms with E-state index < -0.39 is 18.0 Å². The van der Waals surface area contributed by atoms with Crippen LogP contribution in [0.15, 0.2) is 48.5 Å². The molecule has 0 saturated heterocycles. The Morgan fingerprint density at radius 1 is 1.00 bits per heavy atom. The average molecular weight is 341 g/mol. The number of urea groups is 1. The fourth-order valence-electron chi connectivity index (χ4n) is 2.49. The number of anilines is 1. The molecule has 3 rings (SSSR count). The molecule has 1 aliphatic rings. The van der Waals surface area contributed by atoms with Crippen molar-refractivity contribution in [1.82, 2.24) is 10.6 Å². The van der Waals surface area contributed by atoms with Crippen LogP contribution in [-0.2, 0) is 4.79 Å². The van der Waals surface area contributed by atoms with Gasteiger partial charge >= 0.3 is 6.03 Å². The molecule has 1 heterocycles. The molecule has 3 amide bonds. The summed E-state index contributed by atoms with van der Waals surface area (Å²) in [6, 6.07) is 13.2. The van der Waals surface area contributed by atoms with Crippen molar-refractivity contribution in [2.24, 2.45) is 0 Å². The van der Waals surface area contributed by atoms with Crippen molar-refractivity contribution in [2.45, 2.75) is 6.04 Å². The summed E-state index contributed by atoms with van der Waals surface area (Å²) in [5.74, 6) is 0.832. The first-order chi connectivity index (χ1) is 12.2. The summed E-state index contributed by atoms with van der Waals surface area (Å²) in [6.07, 6.45) is 0. The summed E-state index contributed by atoms with van der Waals surface area (Å²) in [5.41, 5.74) is 1.42. The predicted octanol–water partition coefficient (Wildman–Crippen LogP) is 2.07. The Bertz CT molecular complexity index is 764. The van der Waals surface area contributed by atoms with E-state index in [0.29, 0.717) is 30.4 Å². The van der Waals surface area contributed by atoms with E-state index in [1.54, 1.807) is 18.2 Å². The molecule has 1 atom stereocenters. The Hall–Kier alpha value is -3.22. The van der Waals surface area contributed by atoms with Gasteiger partial charge in [-0.05, 0) is 17.7 Å². The van der Waals surface area contributed by atoms with E-state index in [1.807, 2.05) is 30.3 Å². The van der Waals surface area contributed by atoms with Crippen molar-refractivity contribution in [2.75, 3.05) is 25.6 Å². The van der Waals surface area contributed by atoms with Crippen LogP contribution in [-0.4, -0.2) is 32.2 Å². The van der Waals surface area contributed by atoms with Gasteiger partial charge in [0.15, 0.2) is 11.5 Å². The molecule has 0 unspecified atom stereocenters. The molecule has 0 bridgehead atoms. The predicted molar refractivity (Wildman–Crippen MR) is 92.8 cm³/mol. The summed E-state index contributed by atoms with van der Waals surface area (Å²) >= 11 is 0. The second-order valence-electron chi connectivity index (χ2n) is 5.41. The molecule has 1 aliphatic heterocycles. The van der Waals surface area contributed by atoms with E-state index in [9.17, 15) is 9.59 Å². The topological polar surface area (TPSA) is 88.7 Å². The van der Waals surface area contributed by atoms with Crippen LogP contribution in [0, 0.1) is 0 Å². The van der Waals surface area contributed by atoms with Crippen LogP contribution in [0.5, 0.6) is 11.5 Å². The number of ether oxygens (including phenoxy) is 2. The first-order valence-corrected chi connectivity index (χ1v) is 7.91. The highest BCUT2D eigenvalue weighted by molar-refractivity contribution is 5.98. The number of carbonyl (C=O) groups is 2. The quantitative estimate of drug-likeness (QED) is 0.792. The van der Waals surface area contributed by atoms with Gasteiger partial charge in [0.1, 0.15) is 19.3 Å². The number of nitrogens with one attached hydrogen (secondary N) is 3. The van der Waals surface area contributed by atoms with E-state index in [4.69, 9.17) is 9.47 Å². The lowest BCUT2D eigenvalue weighted by Crippen LogP contribution is -2.42. The number of fused-ring (bicyclic) bond motifs is 1. The van der Waals surface area contributed by atoms with Gasteiger partial charge in [-0.15, -0.1) is 0 Å². The van der Waals surface area contributed by atoms with Crippen LogP contribution in [0.4, 0.5) is 10.5 Å². The maximum Gasteiger partial charge on any atom is 0.321 e. The Labute approximate surface area is 145 Å². The minimum atomic E-state index is -0.735. The maximum absolute atomic E-state index is 12.5. The van der Waals surface area contributed by atoms with Crippen molar-refractivity contribution in [3.63, 3.8) is 0 Å². The standard InChI is InChI=1S/C18H19N3O4/c1-19-18(23)21-17(22)16(12-5-3-2-4-6-12)20-13-7-8-14-15(11-13)25-10-9-24-14/h2-8,11,16,20H,9-10H2,1H3,(H2,19,21,22,23)/t16-/m0/s1. The van der Waals surface area contributed by atoms with Crippen molar-refractivity contribution in [3.05, 3.63) is 54.1 Å². The molecule has 25 heavy (non-hydrogen) atoms. The van der Waals surface area contributed by atoms with Crippen LogP contribution in [0.1, 0.15) is 11.6 Å². The van der Waals surface area contributed by atoms with Gasteiger partial charge < -0.3 is 20.1 Å². The fraction of sp³-hybridized carbons (Fsp3) is 0.222. The van der Waals surface area contributed by atoms with Crippen molar-refractivity contribution >= 4 is 17.6 Å². The average Bonchev–Trinajstić information content (AvgIpc) is 2.66. The Morgan fingerprint density at radius 2 is 1.72 bits per heavy atom. The second-order valence-corrected chi connectivity index (χ2v) is 5.41. The fourth-order valence-corrected chi connectivity index (χ4v) is 2.49. The van der Waals surface area contributed by atoms with E-state index in [-0.39, 0.29) is 0 Å². The van der Waals surface area contributed by atoms with Crippen molar-refractivity contribution in [3.8, 4) is 11.5 Å². The molecule has 3 N–H and O–H groups in total. The molecular formula is C18H19N3O4. The number of carbonyl (C=O) groups excluding carboxylic acids is 2. The van der Waals surface area contributed by atoms with Gasteiger partial charge in [-0.25, -0.2) is 4.79 Å². The zero-order valence-corrected chi connectivity index (χ0v) is 13.7. The molecule has 0 aliphatic carbocycles. The van der Waals surface area contributed by atoms with E-state index in [1.165, 1.54) is 7.05 Å². The second kappa shape index (κ2) is 7.57. The molecule has 0 spiro atoms. The lowest BCUT2D eigenvalue weighted by Gasteiger charge is -2.22. The zero-order valence-electron chi connectivity index (χ0n) is 13.7. The highest BCUT2D eigenvalue weighted by Gasteiger charge is 2.23. The van der Waals surface area contributed by atoms with Gasteiger partial charge in [-0.1, -0.05) is 30.3 Å². The molecular weight excluding hydrogens is 322 g/mol. The van der Waals surface area contributed by atoms with Gasteiger partial charge in [0.05, 0.1) is 0 Å². The smallest absolute Gasteiger partial charge is 0.321 e. The molecule has 0 aromatic heterocycles. The molecule has 0 radical (unpaired) electrons. The van der Waals surface area contributed by atoms with Gasteiger partial charge in [-0.2, -0.15) is 0 Å². The first kappa shape index (κ1) is 16.6. The van der Waals surface area contributed by atoms with Gasteiger partial charge in [0, 0.05) is 18.8 Å². The molecule has 7 heteroatoms. The van der Waals surface area contributed by atoms with Crippen LogP contribution in [0.3, 0.4) is 0 Å². The molecule has 0 fully saturated rings. The number of hydrogen-bond acceptors (Lipinski definition) is 5. The minimum absolute atomic E-state index is 0.458. The lowest BCUT2D eigenvalue weighted by molar-refractivity contribution is -0.120. The highest BCUT2D eigenvalue weighted by atomic mass is 16.6. The Morgan fingerprint density at radius 3 is 2.44 bits per heavy atom. The highest BCUT2D eigenvalue weighted by Crippen LogP contribution is 2.33. The Balaban J connectivity index is 1.84. The third-order valence-electron chi connectivity index (χ3n) is 3.71. The molecule has 2 aromatic rings. The third-order valence-corrected chi connectivity index (χ3v) is 3.71. The summed E-state index contributed by atoms with van der Waals surface area (Å²) in [6.45, 7) is 0.997. The number of imide groups is 1. The van der Waals surface area contributed by atoms with Gasteiger partial charge in [-0.3, -0.25) is 10.1 Å². The number of benzene rings is 2. The van der Waals surface area contributed by atoms with Crippen LogP contribution < -0.4 is 25.4 Å². The summed E-state index contributed by atoms with van der Waals surface area (Å²) in [4.78, 5) is 24.0. The molecule has 7 nitrogen and oxygen atoms in total. The summed E-state index contributed by atoms with van der Waals surface area (Å²) in [5, 5.41) is 7.82. The normalized spacial score (nSPS) is 13.5. The lowest BCUT2D eigenvalue weighted by atomic mass is 10.1. The number of amides is 3. The SMILES string of the molecule is CNC(=O)NC(=O)[C@@H](Nc1ccc2c(c1)OCCO2)c1ccccc1. The van der Waals surface area contributed by atoms with Crippen LogP contribution >= 0.6 is 0 Å². The number of hydrogen-bond donors (Lipinski definition) is 3. The summed E-state index contributed by atoms with van der Waals surface area (Å²) < 4.78 is 11.1. The molecule has 130 valence electrons. The van der Waals surface area contributed by atoms with Gasteiger partial charge in [0.2, 0.25) is 0 Å². The largest absolute Gasteiger partial charge is 0.486 e. The zero-order chi connectivity index (χ0) is 17.6. The van der Waals surface area contributed by atoms with Crippen LogP contribution in [0.25, 0.3) is 0 Å². The minimum Gasteiger partial charge on any atom is -0.486 e. The first-order valence-electron chi connectivity index (χ1n) is 7.91. The number of rotatable bonds is 4. The maximum atomic E-state index is 12.5. The van der Waals surface area contributed by atoms with Gasteiger partial charge in [0.25, 0.3) is 5.91 Å². The summed E-state index contributed by atoms with van der Waals surface area (Å²) in [7, 11) is 1.45. The van der Waals surface area contributed by atoms with E-state index in [0.717, 1.165) is 5.56 Å². The monoisotopic (exact) mass is 341 g/mol.